The molecule has 1 aromatic rings. The van der Waals surface area contributed by atoms with Crippen LogP contribution in [0.25, 0.3) is 0 Å². The van der Waals surface area contributed by atoms with Crippen LogP contribution in [0.15, 0.2) is 30.3 Å². The molecule has 0 spiro atoms. The van der Waals surface area contributed by atoms with Gasteiger partial charge in [-0.1, -0.05) is 30.3 Å². The third-order valence-corrected chi connectivity index (χ3v) is 3.89. The van der Waals surface area contributed by atoms with E-state index in [1.807, 2.05) is 30.3 Å². The number of benzene rings is 1. The minimum atomic E-state index is -0.650. The molecule has 0 heterocycles. The van der Waals surface area contributed by atoms with Crippen LogP contribution in [0.4, 0.5) is 0 Å². The first-order chi connectivity index (χ1) is 6.18. The fourth-order valence-electron chi connectivity index (χ4n) is 1.70. The number of hydrogen-bond donors (Lipinski definition) is 0. The third kappa shape index (κ3) is 1.56. The van der Waals surface area contributed by atoms with Gasteiger partial charge < -0.3 is 0 Å². The monoisotopic (exact) mass is 234 g/mol. The van der Waals surface area contributed by atoms with Gasteiger partial charge in [0.15, 0.2) is 0 Å². The minimum Gasteiger partial charge on any atom is -0.126 e. The molecule has 13 heavy (non-hydrogen) atoms. The molecule has 1 fully saturated rings. The molecule has 1 aliphatic carbocycles. The molecule has 1 aromatic carbocycles. The molecule has 0 amide bonds. The Labute approximate surface area is 92.8 Å². The molecular formula is C10H9Cl3. The highest BCUT2D eigenvalue weighted by Crippen LogP contribution is 2.65. The predicted molar refractivity (Wildman–Crippen MR) is 57.8 cm³/mol. The summed E-state index contributed by atoms with van der Waals surface area (Å²) >= 11 is 17.9. The first-order valence-electron chi connectivity index (χ1n) is 4.16. The van der Waals surface area contributed by atoms with E-state index >= 15 is 0 Å². The Morgan fingerprint density at radius 2 is 1.77 bits per heavy atom. The summed E-state index contributed by atoms with van der Waals surface area (Å²) in [5.74, 6) is 0.918. The standard InChI is InChI=1S/C10H9Cl3/c11-6-8-9(10(8,12)13)7-4-2-1-3-5-7/h1-5,8-9H,6H2. The van der Waals surface area contributed by atoms with Crippen LogP contribution in [0.2, 0.25) is 0 Å². The smallest absolute Gasteiger partial charge is 0.126 e. The molecule has 2 rings (SSSR count). The van der Waals surface area contributed by atoms with Crippen LogP contribution < -0.4 is 0 Å². The Hall–Kier alpha value is 0.0900. The Kier molecular flexibility index (Phi) is 2.48. The van der Waals surface area contributed by atoms with Crippen molar-refractivity contribution in [3.63, 3.8) is 0 Å². The topological polar surface area (TPSA) is 0 Å². The van der Waals surface area contributed by atoms with Gasteiger partial charge in [-0.2, -0.15) is 0 Å². The van der Waals surface area contributed by atoms with E-state index in [9.17, 15) is 0 Å². The molecule has 0 nitrogen and oxygen atoms in total. The Morgan fingerprint density at radius 3 is 2.23 bits per heavy atom. The fourth-order valence-corrected chi connectivity index (χ4v) is 3.11. The molecule has 0 aliphatic heterocycles. The number of hydrogen-bond acceptors (Lipinski definition) is 0. The SMILES string of the molecule is ClCC1C(c2ccccc2)C1(Cl)Cl. The second-order valence-electron chi connectivity index (χ2n) is 3.32. The van der Waals surface area contributed by atoms with Crippen LogP contribution in [0, 0.1) is 5.92 Å². The maximum absolute atomic E-state index is 6.09. The van der Waals surface area contributed by atoms with Gasteiger partial charge in [-0.05, 0) is 5.56 Å². The molecule has 1 saturated carbocycles. The van der Waals surface area contributed by atoms with Crippen LogP contribution in [0.5, 0.6) is 0 Å². The summed E-state index contributed by atoms with van der Waals surface area (Å²) < 4.78 is -0.650. The summed E-state index contributed by atoms with van der Waals surface area (Å²) in [6.45, 7) is 0. The van der Waals surface area contributed by atoms with Crippen LogP contribution >= 0.6 is 34.8 Å². The first kappa shape index (κ1) is 9.64. The molecule has 70 valence electrons. The van der Waals surface area contributed by atoms with Gasteiger partial charge in [0.25, 0.3) is 0 Å². The first-order valence-corrected chi connectivity index (χ1v) is 5.45. The summed E-state index contributed by atoms with van der Waals surface area (Å²) in [5, 5.41) is 0. The minimum absolute atomic E-state index is 0.194. The van der Waals surface area contributed by atoms with E-state index < -0.39 is 4.33 Å². The van der Waals surface area contributed by atoms with Crippen molar-refractivity contribution in [2.24, 2.45) is 5.92 Å². The van der Waals surface area contributed by atoms with Crippen molar-refractivity contribution in [1.29, 1.82) is 0 Å². The zero-order valence-electron chi connectivity index (χ0n) is 6.88. The highest BCUT2D eigenvalue weighted by atomic mass is 35.5. The van der Waals surface area contributed by atoms with Crippen molar-refractivity contribution in [3.05, 3.63) is 35.9 Å². The lowest BCUT2D eigenvalue weighted by atomic mass is 10.1. The average Bonchev–Trinajstić information content (AvgIpc) is 2.69. The van der Waals surface area contributed by atoms with Crippen molar-refractivity contribution in [1.82, 2.24) is 0 Å². The normalized spacial score (nSPS) is 30.1. The number of alkyl halides is 3. The largest absolute Gasteiger partial charge is 0.130 e. The second-order valence-corrected chi connectivity index (χ2v) is 5.08. The van der Waals surface area contributed by atoms with E-state index in [0.29, 0.717) is 5.88 Å². The van der Waals surface area contributed by atoms with Crippen molar-refractivity contribution >= 4 is 34.8 Å². The molecule has 0 aromatic heterocycles. The molecule has 0 N–H and O–H groups in total. The van der Waals surface area contributed by atoms with E-state index in [-0.39, 0.29) is 11.8 Å². The van der Waals surface area contributed by atoms with Crippen molar-refractivity contribution in [3.8, 4) is 0 Å². The summed E-state index contributed by atoms with van der Waals surface area (Å²) in [5.41, 5.74) is 1.18. The second kappa shape index (κ2) is 3.34. The summed E-state index contributed by atoms with van der Waals surface area (Å²) in [6.07, 6.45) is 0. The summed E-state index contributed by atoms with van der Waals surface area (Å²) in [6, 6.07) is 10.0. The Morgan fingerprint density at radius 1 is 1.15 bits per heavy atom. The van der Waals surface area contributed by atoms with Gasteiger partial charge in [-0.25, -0.2) is 0 Å². The van der Waals surface area contributed by atoms with Crippen molar-refractivity contribution in [2.45, 2.75) is 10.3 Å². The van der Waals surface area contributed by atoms with E-state index in [2.05, 4.69) is 0 Å². The molecular weight excluding hydrogens is 226 g/mol. The van der Waals surface area contributed by atoms with Gasteiger partial charge in [-0.15, -0.1) is 34.8 Å². The lowest BCUT2D eigenvalue weighted by Gasteiger charge is -1.98. The van der Waals surface area contributed by atoms with Crippen LogP contribution in [-0.4, -0.2) is 10.2 Å². The fraction of sp³-hybridized carbons (Fsp3) is 0.400. The maximum Gasteiger partial charge on any atom is 0.130 e. The molecule has 0 radical (unpaired) electrons. The highest BCUT2D eigenvalue weighted by Gasteiger charge is 2.62. The van der Waals surface area contributed by atoms with Crippen LogP contribution in [0.1, 0.15) is 11.5 Å². The average molecular weight is 236 g/mol. The number of rotatable bonds is 2. The van der Waals surface area contributed by atoms with E-state index in [1.54, 1.807) is 0 Å². The van der Waals surface area contributed by atoms with E-state index in [1.165, 1.54) is 5.56 Å². The highest BCUT2D eigenvalue weighted by molar-refractivity contribution is 6.52. The quantitative estimate of drug-likeness (QED) is 0.684. The van der Waals surface area contributed by atoms with Crippen LogP contribution in [-0.2, 0) is 0 Å². The zero-order valence-corrected chi connectivity index (χ0v) is 9.15. The van der Waals surface area contributed by atoms with Crippen LogP contribution in [0.3, 0.4) is 0 Å². The molecule has 2 unspecified atom stereocenters. The Bertz CT molecular complexity index is 294. The van der Waals surface area contributed by atoms with E-state index in [4.69, 9.17) is 34.8 Å². The summed E-state index contributed by atoms with van der Waals surface area (Å²) in [7, 11) is 0. The maximum atomic E-state index is 6.09. The van der Waals surface area contributed by atoms with Crippen molar-refractivity contribution < 1.29 is 0 Å². The molecule has 0 bridgehead atoms. The van der Waals surface area contributed by atoms with E-state index in [0.717, 1.165) is 0 Å². The molecule has 0 saturated heterocycles. The van der Waals surface area contributed by atoms with Gasteiger partial charge in [0.1, 0.15) is 4.33 Å². The summed E-state index contributed by atoms with van der Waals surface area (Å²) in [4.78, 5) is 0. The lowest BCUT2D eigenvalue weighted by Crippen LogP contribution is -1.90. The molecule has 1 aliphatic rings. The van der Waals surface area contributed by atoms with Gasteiger partial charge >= 0.3 is 0 Å². The van der Waals surface area contributed by atoms with Gasteiger partial charge in [0.2, 0.25) is 0 Å². The lowest BCUT2D eigenvalue weighted by molar-refractivity contribution is 0.920. The third-order valence-electron chi connectivity index (χ3n) is 2.53. The van der Waals surface area contributed by atoms with Gasteiger partial charge in [0.05, 0.1) is 0 Å². The van der Waals surface area contributed by atoms with Gasteiger partial charge in [0, 0.05) is 17.7 Å². The zero-order chi connectivity index (χ0) is 9.47. The van der Waals surface area contributed by atoms with Gasteiger partial charge in [-0.3, -0.25) is 0 Å². The Balaban J connectivity index is 2.22. The predicted octanol–water partition coefficient (Wildman–Crippen LogP) is 3.81. The number of halogens is 3. The molecule has 2 atom stereocenters. The van der Waals surface area contributed by atoms with Crippen molar-refractivity contribution in [2.75, 3.05) is 5.88 Å². The molecule has 3 heteroatoms.